The highest BCUT2D eigenvalue weighted by Gasteiger charge is 2.55. The van der Waals surface area contributed by atoms with Gasteiger partial charge in [-0.3, -0.25) is 4.79 Å². The van der Waals surface area contributed by atoms with E-state index < -0.39 is 5.41 Å². The van der Waals surface area contributed by atoms with Crippen LogP contribution >= 0.6 is 27.3 Å². The van der Waals surface area contributed by atoms with Gasteiger partial charge in [0.25, 0.3) is 0 Å². The second-order valence-corrected chi connectivity index (χ2v) is 6.91. The predicted octanol–water partition coefficient (Wildman–Crippen LogP) is 3.17. The van der Waals surface area contributed by atoms with Crippen molar-refractivity contribution in [3.8, 4) is 10.6 Å². The first-order chi connectivity index (χ1) is 9.15. The van der Waals surface area contributed by atoms with Crippen molar-refractivity contribution in [2.45, 2.75) is 18.3 Å². The lowest BCUT2D eigenvalue weighted by molar-refractivity contribution is -0.143. The molecule has 0 aromatic carbocycles. The van der Waals surface area contributed by atoms with Gasteiger partial charge in [0.1, 0.15) is 11.2 Å². The first-order valence-electron chi connectivity index (χ1n) is 5.83. The zero-order valence-electron chi connectivity index (χ0n) is 10.2. The first-order valence-corrected chi connectivity index (χ1v) is 7.44. The van der Waals surface area contributed by atoms with Crippen LogP contribution in [-0.4, -0.2) is 23.0 Å². The Morgan fingerprint density at radius 2 is 2.21 bits per heavy atom. The number of rotatable bonds is 3. The van der Waals surface area contributed by atoms with E-state index in [9.17, 15) is 4.79 Å². The second kappa shape index (κ2) is 4.68. The molecule has 0 amide bonds. The molecule has 1 fully saturated rings. The van der Waals surface area contributed by atoms with Gasteiger partial charge in [0.15, 0.2) is 0 Å². The molecule has 3 rings (SSSR count). The molecule has 1 aliphatic carbocycles. The lowest BCUT2D eigenvalue weighted by Crippen LogP contribution is -2.24. The molecule has 0 atom stereocenters. The molecule has 1 saturated carbocycles. The maximum Gasteiger partial charge on any atom is 0.319 e. The van der Waals surface area contributed by atoms with E-state index in [-0.39, 0.29) is 5.97 Å². The van der Waals surface area contributed by atoms with E-state index in [1.165, 1.54) is 7.11 Å². The predicted molar refractivity (Wildman–Crippen MR) is 76.0 cm³/mol. The van der Waals surface area contributed by atoms with Crippen LogP contribution in [0.1, 0.15) is 18.7 Å². The van der Waals surface area contributed by atoms with Crippen LogP contribution in [0, 0.1) is 0 Å². The SMILES string of the molecule is COC(=O)C1(c2nccc(-c3ccc(Br)s3)n2)CC1. The number of ether oxygens (including phenoxy) is 1. The topological polar surface area (TPSA) is 52.1 Å². The Labute approximate surface area is 123 Å². The van der Waals surface area contributed by atoms with Gasteiger partial charge in [-0.1, -0.05) is 0 Å². The van der Waals surface area contributed by atoms with Gasteiger partial charge in [-0.15, -0.1) is 11.3 Å². The summed E-state index contributed by atoms with van der Waals surface area (Å²) >= 11 is 5.04. The Morgan fingerprint density at radius 3 is 2.79 bits per heavy atom. The van der Waals surface area contributed by atoms with Crippen LogP contribution < -0.4 is 0 Å². The molecular weight excluding hydrogens is 328 g/mol. The van der Waals surface area contributed by atoms with Crippen LogP contribution in [0.25, 0.3) is 10.6 Å². The average Bonchev–Trinajstić information content (AvgIpc) is 3.15. The van der Waals surface area contributed by atoms with E-state index in [0.717, 1.165) is 27.2 Å². The van der Waals surface area contributed by atoms with Crippen LogP contribution in [-0.2, 0) is 14.9 Å². The molecule has 0 N–H and O–H groups in total. The lowest BCUT2D eigenvalue weighted by atomic mass is 10.1. The molecule has 0 aliphatic heterocycles. The number of carbonyl (C=O) groups excluding carboxylic acids is 1. The number of aromatic nitrogens is 2. The summed E-state index contributed by atoms with van der Waals surface area (Å²) in [6, 6.07) is 5.84. The van der Waals surface area contributed by atoms with Crippen molar-refractivity contribution in [1.29, 1.82) is 0 Å². The normalized spacial score (nSPS) is 16.1. The summed E-state index contributed by atoms with van der Waals surface area (Å²) in [6.07, 6.45) is 3.23. The number of thiophene rings is 1. The van der Waals surface area contributed by atoms with Crippen molar-refractivity contribution >= 4 is 33.2 Å². The molecule has 4 nitrogen and oxygen atoms in total. The third-order valence-electron chi connectivity index (χ3n) is 3.24. The lowest BCUT2D eigenvalue weighted by Gasteiger charge is -2.11. The number of halogens is 1. The summed E-state index contributed by atoms with van der Waals surface area (Å²) in [5.41, 5.74) is 0.232. The van der Waals surface area contributed by atoms with E-state index >= 15 is 0 Å². The quantitative estimate of drug-likeness (QED) is 0.806. The van der Waals surface area contributed by atoms with Crippen molar-refractivity contribution in [1.82, 2.24) is 9.97 Å². The van der Waals surface area contributed by atoms with Gasteiger partial charge in [0.2, 0.25) is 0 Å². The van der Waals surface area contributed by atoms with Crippen molar-refractivity contribution in [3.63, 3.8) is 0 Å². The van der Waals surface area contributed by atoms with Gasteiger partial charge in [0.05, 0.1) is 21.5 Å². The summed E-state index contributed by atoms with van der Waals surface area (Å²) in [7, 11) is 1.41. The fourth-order valence-corrected chi connectivity index (χ4v) is 3.37. The Kier molecular flexibility index (Phi) is 3.14. The molecule has 19 heavy (non-hydrogen) atoms. The van der Waals surface area contributed by atoms with Crippen LogP contribution in [0.5, 0.6) is 0 Å². The van der Waals surface area contributed by atoms with Gasteiger partial charge >= 0.3 is 5.97 Å². The average molecular weight is 339 g/mol. The summed E-state index contributed by atoms with van der Waals surface area (Å²) in [6.45, 7) is 0. The second-order valence-electron chi connectivity index (χ2n) is 4.44. The van der Waals surface area contributed by atoms with Crippen LogP contribution in [0.4, 0.5) is 0 Å². The van der Waals surface area contributed by atoms with Crippen molar-refractivity contribution in [3.05, 3.63) is 34.0 Å². The zero-order valence-corrected chi connectivity index (χ0v) is 12.6. The van der Waals surface area contributed by atoms with Crippen LogP contribution in [0.2, 0.25) is 0 Å². The van der Waals surface area contributed by atoms with E-state index in [2.05, 4.69) is 25.9 Å². The molecule has 6 heteroatoms. The molecule has 0 radical (unpaired) electrons. The zero-order chi connectivity index (χ0) is 13.5. The molecule has 98 valence electrons. The molecule has 2 aromatic heterocycles. The number of hydrogen-bond donors (Lipinski definition) is 0. The third-order valence-corrected chi connectivity index (χ3v) is 4.88. The van der Waals surface area contributed by atoms with Crippen molar-refractivity contribution in [2.75, 3.05) is 7.11 Å². The smallest absolute Gasteiger partial charge is 0.319 e. The number of carbonyl (C=O) groups is 1. The molecule has 0 bridgehead atoms. The van der Waals surface area contributed by atoms with Gasteiger partial charge in [-0.2, -0.15) is 0 Å². The Morgan fingerprint density at radius 1 is 1.42 bits per heavy atom. The molecule has 0 spiro atoms. The minimum atomic E-state index is -0.612. The fraction of sp³-hybridized carbons (Fsp3) is 0.308. The fourth-order valence-electron chi connectivity index (χ4n) is 2.02. The molecule has 1 aliphatic rings. The summed E-state index contributed by atoms with van der Waals surface area (Å²) in [5, 5.41) is 0. The monoisotopic (exact) mass is 338 g/mol. The summed E-state index contributed by atoms with van der Waals surface area (Å²) in [4.78, 5) is 21.7. The van der Waals surface area contributed by atoms with Crippen LogP contribution in [0.3, 0.4) is 0 Å². The van der Waals surface area contributed by atoms with E-state index in [1.807, 2.05) is 18.2 Å². The van der Waals surface area contributed by atoms with Gasteiger partial charge in [0, 0.05) is 6.20 Å². The summed E-state index contributed by atoms with van der Waals surface area (Å²) in [5.74, 6) is 0.332. The Bertz CT molecular complexity index is 637. The first kappa shape index (κ1) is 12.7. The minimum absolute atomic E-state index is 0.239. The van der Waals surface area contributed by atoms with Gasteiger partial charge in [-0.25, -0.2) is 9.97 Å². The van der Waals surface area contributed by atoms with Crippen LogP contribution in [0.15, 0.2) is 28.2 Å². The standard InChI is InChI=1S/C13H11BrN2O2S/c1-18-12(17)13(5-6-13)11-15-7-4-8(16-11)9-2-3-10(14)19-9/h2-4,7H,5-6H2,1H3. The number of nitrogens with zero attached hydrogens (tertiary/aromatic N) is 2. The Hall–Kier alpha value is -1.27. The molecule has 0 saturated heterocycles. The highest BCUT2D eigenvalue weighted by Crippen LogP contribution is 2.47. The number of hydrogen-bond acceptors (Lipinski definition) is 5. The maximum atomic E-state index is 11.8. The van der Waals surface area contributed by atoms with Crippen molar-refractivity contribution < 1.29 is 9.53 Å². The maximum absolute atomic E-state index is 11.8. The molecule has 0 unspecified atom stereocenters. The summed E-state index contributed by atoms with van der Waals surface area (Å²) < 4.78 is 5.91. The number of methoxy groups -OCH3 is 1. The third kappa shape index (κ3) is 2.19. The van der Waals surface area contributed by atoms with Gasteiger partial charge in [-0.05, 0) is 47.0 Å². The highest BCUT2D eigenvalue weighted by atomic mass is 79.9. The van der Waals surface area contributed by atoms with Gasteiger partial charge < -0.3 is 4.74 Å². The minimum Gasteiger partial charge on any atom is -0.468 e. The molecular formula is C13H11BrN2O2S. The molecule has 2 aromatic rings. The van der Waals surface area contributed by atoms with E-state index in [4.69, 9.17) is 4.74 Å². The molecule has 2 heterocycles. The largest absolute Gasteiger partial charge is 0.468 e. The Balaban J connectivity index is 1.99. The van der Waals surface area contributed by atoms with E-state index in [1.54, 1.807) is 17.5 Å². The van der Waals surface area contributed by atoms with Crippen molar-refractivity contribution in [2.24, 2.45) is 0 Å². The highest BCUT2D eigenvalue weighted by molar-refractivity contribution is 9.11. The number of esters is 1. The van der Waals surface area contributed by atoms with E-state index in [0.29, 0.717) is 5.82 Å².